The van der Waals surface area contributed by atoms with Gasteiger partial charge in [0, 0.05) is 0 Å². The van der Waals surface area contributed by atoms with E-state index >= 15 is 0 Å². The predicted octanol–water partition coefficient (Wildman–Crippen LogP) is 6.44. The van der Waals surface area contributed by atoms with Gasteiger partial charge in [-0.3, -0.25) is 4.79 Å². The number of carbonyl (C=O) groups is 1. The number of carbonyl (C=O) groups excluding carboxylic acids is 1. The lowest BCUT2D eigenvalue weighted by atomic mass is 10.00. The summed E-state index contributed by atoms with van der Waals surface area (Å²) in [6.07, 6.45) is 29.9. The molecular formula is C33H59NO5. The van der Waals surface area contributed by atoms with Crippen molar-refractivity contribution in [1.82, 2.24) is 5.32 Å². The number of rotatable bonds is 26. The Morgan fingerprint density at radius 3 is 1.72 bits per heavy atom. The van der Waals surface area contributed by atoms with Crippen LogP contribution >= 0.6 is 0 Å². The van der Waals surface area contributed by atoms with E-state index in [0.717, 1.165) is 77.0 Å². The van der Waals surface area contributed by atoms with E-state index < -0.39 is 36.9 Å². The monoisotopic (exact) mass is 549 g/mol. The van der Waals surface area contributed by atoms with Crippen LogP contribution in [0, 0.1) is 0 Å². The molecule has 0 radical (unpaired) electrons. The highest BCUT2D eigenvalue weighted by Gasteiger charge is 2.28. The third-order valence-corrected chi connectivity index (χ3v) is 6.73. The summed E-state index contributed by atoms with van der Waals surface area (Å²) in [5, 5.41) is 43.1. The van der Waals surface area contributed by atoms with E-state index in [-0.39, 0.29) is 0 Å². The smallest absolute Gasteiger partial charge is 0.249 e. The van der Waals surface area contributed by atoms with E-state index in [1.165, 1.54) is 12.8 Å². The van der Waals surface area contributed by atoms with Crippen molar-refractivity contribution < 1.29 is 25.2 Å². The number of unbranched alkanes of at least 4 members (excludes halogenated alkanes) is 9. The number of allylic oxidation sites excluding steroid dienone is 8. The zero-order chi connectivity index (χ0) is 29.0. The first-order chi connectivity index (χ1) is 19.0. The second kappa shape index (κ2) is 27.8. The predicted molar refractivity (Wildman–Crippen MR) is 163 cm³/mol. The first kappa shape index (κ1) is 37.3. The minimum atomic E-state index is -1.29. The SMILES string of the molecule is CC/C=C/CC/C=C/CC/C=C/CCCC(O)C(O)C(CO)NC(=O)C(O)CCCCCC/C=C\CCCC. The van der Waals surface area contributed by atoms with Crippen LogP contribution in [0.3, 0.4) is 0 Å². The maximum absolute atomic E-state index is 12.3. The van der Waals surface area contributed by atoms with Crippen LogP contribution in [0.5, 0.6) is 0 Å². The lowest BCUT2D eigenvalue weighted by molar-refractivity contribution is -0.132. The van der Waals surface area contributed by atoms with Crippen molar-refractivity contribution in [3.8, 4) is 0 Å². The average molecular weight is 550 g/mol. The lowest BCUT2D eigenvalue weighted by Crippen LogP contribution is -2.53. The Hall–Kier alpha value is -1.73. The van der Waals surface area contributed by atoms with E-state index in [0.29, 0.717) is 19.3 Å². The molecule has 0 saturated heterocycles. The normalized spacial score (nSPS) is 15.5. The molecule has 0 fully saturated rings. The molecule has 1 amide bonds. The Bertz CT molecular complexity index is 673. The molecule has 0 aliphatic rings. The van der Waals surface area contributed by atoms with E-state index in [4.69, 9.17) is 0 Å². The van der Waals surface area contributed by atoms with Gasteiger partial charge in [0.2, 0.25) is 5.91 Å². The van der Waals surface area contributed by atoms with Crippen molar-refractivity contribution in [3.63, 3.8) is 0 Å². The zero-order valence-electron chi connectivity index (χ0n) is 24.9. The second-order valence-corrected chi connectivity index (χ2v) is 10.4. The molecule has 6 heteroatoms. The molecule has 0 spiro atoms. The molecule has 0 aliphatic carbocycles. The fourth-order valence-corrected chi connectivity index (χ4v) is 4.18. The Morgan fingerprint density at radius 1 is 0.641 bits per heavy atom. The summed E-state index contributed by atoms with van der Waals surface area (Å²) in [6, 6.07) is -1.01. The van der Waals surface area contributed by atoms with Crippen LogP contribution < -0.4 is 5.32 Å². The molecule has 226 valence electrons. The number of hydrogen-bond acceptors (Lipinski definition) is 5. The maximum atomic E-state index is 12.3. The third kappa shape index (κ3) is 22.8. The summed E-state index contributed by atoms with van der Waals surface area (Å²) in [7, 11) is 0. The van der Waals surface area contributed by atoms with Gasteiger partial charge in [0.05, 0.1) is 18.8 Å². The molecule has 0 aromatic rings. The molecule has 0 bridgehead atoms. The van der Waals surface area contributed by atoms with E-state index in [9.17, 15) is 25.2 Å². The van der Waals surface area contributed by atoms with Crippen molar-refractivity contribution in [2.24, 2.45) is 0 Å². The number of hydrogen-bond donors (Lipinski definition) is 5. The quantitative estimate of drug-likeness (QED) is 0.0630. The molecule has 0 aliphatic heterocycles. The lowest BCUT2D eigenvalue weighted by Gasteiger charge is -2.27. The maximum Gasteiger partial charge on any atom is 0.249 e. The molecule has 4 unspecified atom stereocenters. The fourth-order valence-electron chi connectivity index (χ4n) is 4.18. The molecule has 5 N–H and O–H groups in total. The first-order valence-corrected chi connectivity index (χ1v) is 15.5. The van der Waals surface area contributed by atoms with Gasteiger partial charge in [0.25, 0.3) is 0 Å². The van der Waals surface area contributed by atoms with Gasteiger partial charge in [-0.15, -0.1) is 0 Å². The van der Waals surface area contributed by atoms with Gasteiger partial charge in [-0.2, -0.15) is 0 Å². The molecule has 6 nitrogen and oxygen atoms in total. The van der Waals surface area contributed by atoms with Gasteiger partial charge < -0.3 is 25.7 Å². The second-order valence-electron chi connectivity index (χ2n) is 10.4. The van der Waals surface area contributed by atoms with E-state index in [1.807, 2.05) is 0 Å². The van der Waals surface area contributed by atoms with Crippen LogP contribution in [0.4, 0.5) is 0 Å². The highest BCUT2D eigenvalue weighted by atomic mass is 16.3. The van der Waals surface area contributed by atoms with Crippen molar-refractivity contribution in [2.45, 2.75) is 147 Å². The van der Waals surface area contributed by atoms with Crippen molar-refractivity contribution in [3.05, 3.63) is 48.6 Å². The van der Waals surface area contributed by atoms with Gasteiger partial charge in [-0.25, -0.2) is 0 Å². The van der Waals surface area contributed by atoms with Crippen molar-refractivity contribution in [2.75, 3.05) is 6.61 Å². The van der Waals surface area contributed by atoms with Gasteiger partial charge in [0.15, 0.2) is 0 Å². The van der Waals surface area contributed by atoms with E-state index in [1.54, 1.807) is 0 Å². The largest absolute Gasteiger partial charge is 0.394 e. The summed E-state index contributed by atoms with van der Waals surface area (Å²) < 4.78 is 0. The molecule has 0 rings (SSSR count). The average Bonchev–Trinajstić information content (AvgIpc) is 2.94. The molecule has 0 aromatic carbocycles. The third-order valence-electron chi connectivity index (χ3n) is 6.73. The summed E-state index contributed by atoms with van der Waals surface area (Å²) in [6.45, 7) is 3.82. The minimum Gasteiger partial charge on any atom is -0.394 e. The van der Waals surface area contributed by atoms with Crippen LogP contribution in [0.1, 0.15) is 123 Å². The summed E-state index contributed by atoms with van der Waals surface area (Å²) in [5.41, 5.74) is 0. The number of amides is 1. The van der Waals surface area contributed by atoms with Gasteiger partial charge >= 0.3 is 0 Å². The van der Waals surface area contributed by atoms with Crippen LogP contribution in [-0.4, -0.2) is 57.3 Å². The highest BCUT2D eigenvalue weighted by molar-refractivity contribution is 5.80. The molecule has 39 heavy (non-hydrogen) atoms. The fraction of sp³-hybridized carbons (Fsp3) is 0.727. The van der Waals surface area contributed by atoms with Gasteiger partial charge in [-0.1, -0.05) is 94.6 Å². The molecular weight excluding hydrogens is 490 g/mol. The van der Waals surface area contributed by atoms with Crippen molar-refractivity contribution >= 4 is 5.91 Å². The van der Waals surface area contributed by atoms with Crippen LogP contribution in [-0.2, 0) is 4.79 Å². The Labute approximate surface area is 239 Å². The van der Waals surface area contributed by atoms with Crippen molar-refractivity contribution in [1.29, 1.82) is 0 Å². The Morgan fingerprint density at radius 2 is 1.15 bits per heavy atom. The van der Waals surface area contributed by atoms with Gasteiger partial charge in [0.1, 0.15) is 12.2 Å². The first-order valence-electron chi connectivity index (χ1n) is 15.5. The highest BCUT2D eigenvalue weighted by Crippen LogP contribution is 2.12. The van der Waals surface area contributed by atoms with Gasteiger partial charge in [-0.05, 0) is 77.0 Å². The molecule has 0 aromatic heterocycles. The molecule has 4 atom stereocenters. The standard InChI is InChI=1S/C33H59NO5/c1-3-5-7-9-11-13-15-16-17-19-20-22-24-26-30(36)32(38)29(28-35)34-33(39)31(37)27-25-23-21-18-14-12-10-8-6-4-2/h5,7,10,12-13,15,19-20,29-32,35-38H,3-4,6,8-9,11,14,16-18,21-28H2,1-2H3,(H,34,39)/b7-5+,12-10-,15-13+,20-19+. The summed E-state index contributed by atoms with van der Waals surface area (Å²) >= 11 is 0. The molecule has 0 heterocycles. The number of nitrogens with one attached hydrogen (secondary N) is 1. The number of aliphatic hydroxyl groups is 4. The van der Waals surface area contributed by atoms with Crippen LogP contribution in [0.15, 0.2) is 48.6 Å². The zero-order valence-corrected chi connectivity index (χ0v) is 24.9. The molecule has 0 saturated carbocycles. The van der Waals surface area contributed by atoms with E-state index in [2.05, 4.69) is 67.8 Å². The minimum absolute atomic E-state index is 0.341. The summed E-state index contributed by atoms with van der Waals surface area (Å²) in [4.78, 5) is 12.3. The Kier molecular flexibility index (Phi) is 26.6. The number of aliphatic hydroxyl groups excluding tert-OH is 4. The Balaban J connectivity index is 4.04. The van der Waals surface area contributed by atoms with Crippen LogP contribution in [0.2, 0.25) is 0 Å². The van der Waals surface area contributed by atoms with Crippen LogP contribution in [0.25, 0.3) is 0 Å². The topological polar surface area (TPSA) is 110 Å². The summed E-state index contributed by atoms with van der Waals surface area (Å²) in [5.74, 6) is -0.617.